The fourth-order valence-electron chi connectivity index (χ4n) is 1.67. The molecule has 0 saturated heterocycles. The van der Waals surface area contributed by atoms with E-state index in [1.54, 1.807) is 0 Å². The van der Waals surface area contributed by atoms with Crippen molar-refractivity contribution in [2.45, 2.75) is 26.4 Å². The zero-order valence-corrected chi connectivity index (χ0v) is 9.27. The van der Waals surface area contributed by atoms with Crippen molar-refractivity contribution in [3.05, 3.63) is 30.0 Å². The van der Waals surface area contributed by atoms with Crippen molar-refractivity contribution in [3.63, 3.8) is 0 Å². The number of nitrogens with zero attached hydrogens (tertiary/aromatic N) is 1. The van der Waals surface area contributed by atoms with Crippen LogP contribution in [-0.4, -0.2) is 11.1 Å². The third-order valence-corrected chi connectivity index (χ3v) is 2.39. The van der Waals surface area contributed by atoms with Crippen LogP contribution in [0.25, 0.3) is 11.0 Å². The first-order valence-electron chi connectivity index (χ1n) is 5.24. The van der Waals surface area contributed by atoms with Crippen molar-refractivity contribution < 1.29 is 14.1 Å². The van der Waals surface area contributed by atoms with Gasteiger partial charge in [-0.05, 0) is 18.6 Å². The van der Waals surface area contributed by atoms with Gasteiger partial charge in [0.2, 0.25) is 0 Å². The summed E-state index contributed by atoms with van der Waals surface area (Å²) in [5, 5.41) is 4.87. The first-order valence-corrected chi connectivity index (χ1v) is 5.24. The Morgan fingerprint density at radius 3 is 2.94 bits per heavy atom. The topological polar surface area (TPSA) is 52.3 Å². The van der Waals surface area contributed by atoms with Gasteiger partial charge in [-0.15, -0.1) is 0 Å². The summed E-state index contributed by atoms with van der Waals surface area (Å²) in [6.45, 7) is 3.34. The Balaban J connectivity index is 2.41. The first kappa shape index (κ1) is 10.7. The molecule has 0 amide bonds. The van der Waals surface area contributed by atoms with E-state index in [2.05, 4.69) is 5.16 Å². The molecule has 0 N–H and O–H groups in total. The van der Waals surface area contributed by atoms with Crippen molar-refractivity contribution in [2.24, 2.45) is 0 Å². The molecule has 0 radical (unpaired) electrons. The number of ether oxygens (including phenoxy) is 1. The van der Waals surface area contributed by atoms with Crippen LogP contribution in [0.5, 0.6) is 0 Å². The second kappa shape index (κ2) is 4.35. The quantitative estimate of drug-likeness (QED) is 0.745. The lowest BCUT2D eigenvalue weighted by atomic mass is 10.1. The second-order valence-corrected chi connectivity index (χ2v) is 3.57. The summed E-state index contributed by atoms with van der Waals surface area (Å²) in [7, 11) is 0. The van der Waals surface area contributed by atoms with Crippen LogP contribution < -0.4 is 0 Å². The zero-order chi connectivity index (χ0) is 11.5. The molecule has 1 atom stereocenters. The number of esters is 1. The fraction of sp³-hybridized carbons (Fsp3) is 0.333. The Kier molecular flexibility index (Phi) is 2.90. The molecule has 0 fully saturated rings. The highest BCUT2D eigenvalue weighted by molar-refractivity contribution is 5.80. The average molecular weight is 219 g/mol. The minimum atomic E-state index is -0.332. The molecule has 0 bridgehead atoms. The number of aromatic nitrogens is 1. The molecule has 0 aliphatic carbocycles. The molecule has 4 heteroatoms. The molecule has 0 spiro atoms. The summed E-state index contributed by atoms with van der Waals surface area (Å²) in [6.07, 6.45) is 0.344. The van der Waals surface area contributed by atoms with Gasteiger partial charge < -0.3 is 9.26 Å². The number of carbonyl (C=O) groups excluding carboxylic acids is 1. The molecule has 0 aliphatic heterocycles. The zero-order valence-electron chi connectivity index (χ0n) is 9.27. The predicted molar refractivity (Wildman–Crippen MR) is 58.8 cm³/mol. The lowest BCUT2D eigenvalue weighted by molar-refractivity contribution is -0.147. The summed E-state index contributed by atoms with van der Waals surface area (Å²) >= 11 is 0. The molecule has 0 aliphatic rings. The highest BCUT2D eigenvalue weighted by Gasteiger charge is 2.19. The largest absolute Gasteiger partial charge is 0.456 e. The van der Waals surface area contributed by atoms with E-state index in [0.29, 0.717) is 17.7 Å². The Labute approximate surface area is 93.2 Å². The van der Waals surface area contributed by atoms with Crippen LogP contribution >= 0.6 is 0 Å². The molecule has 84 valence electrons. The Morgan fingerprint density at radius 1 is 1.50 bits per heavy atom. The van der Waals surface area contributed by atoms with E-state index in [0.717, 1.165) is 5.39 Å². The van der Waals surface area contributed by atoms with E-state index in [4.69, 9.17) is 9.26 Å². The van der Waals surface area contributed by atoms with Crippen molar-refractivity contribution in [2.75, 3.05) is 0 Å². The van der Waals surface area contributed by atoms with Gasteiger partial charge in [-0.3, -0.25) is 4.79 Å². The molecule has 1 unspecified atom stereocenters. The van der Waals surface area contributed by atoms with Gasteiger partial charge in [0.25, 0.3) is 0 Å². The summed E-state index contributed by atoms with van der Waals surface area (Å²) in [5.74, 6) is -0.307. The fourth-order valence-corrected chi connectivity index (χ4v) is 1.67. The van der Waals surface area contributed by atoms with Gasteiger partial charge in [0.1, 0.15) is 11.8 Å². The second-order valence-electron chi connectivity index (χ2n) is 3.57. The number of rotatable bonds is 3. The molecule has 1 aromatic heterocycles. The van der Waals surface area contributed by atoms with Crippen molar-refractivity contribution in [3.8, 4) is 0 Å². The lowest BCUT2D eigenvalue weighted by Crippen LogP contribution is -2.08. The normalized spacial score (nSPS) is 12.6. The summed E-state index contributed by atoms with van der Waals surface area (Å²) < 4.78 is 10.4. The summed E-state index contributed by atoms with van der Waals surface area (Å²) in [5.41, 5.74) is 1.40. The molecular weight excluding hydrogens is 206 g/mol. The van der Waals surface area contributed by atoms with E-state index in [-0.39, 0.29) is 12.1 Å². The molecule has 2 rings (SSSR count). The maximum absolute atomic E-state index is 11.0. The van der Waals surface area contributed by atoms with Crippen LogP contribution in [0.1, 0.15) is 32.1 Å². The maximum Gasteiger partial charge on any atom is 0.303 e. The van der Waals surface area contributed by atoms with Gasteiger partial charge in [0, 0.05) is 12.3 Å². The average Bonchev–Trinajstić information content (AvgIpc) is 2.69. The minimum absolute atomic E-state index is 0.307. The van der Waals surface area contributed by atoms with Gasteiger partial charge in [0.05, 0.1) is 0 Å². The molecule has 1 aromatic carbocycles. The molecule has 16 heavy (non-hydrogen) atoms. The highest BCUT2D eigenvalue weighted by atomic mass is 16.5. The third-order valence-electron chi connectivity index (χ3n) is 2.39. The number of hydrogen-bond acceptors (Lipinski definition) is 4. The molecule has 4 nitrogen and oxygen atoms in total. The molecule has 1 heterocycles. The molecular formula is C12H13NO3. The van der Waals surface area contributed by atoms with Crippen LogP contribution in [0, 0.1) is 0 Å². The van der Waals surface area contributed by atoms with E-state index < -0.39 is 0 Å². The summed E-state index contributed by atoms with van der Waals surface area (Å²) in [6, 6.07) is 7.53. The maximum atomic E-state index is 11.0. The Morgan fingerprint density at radius 2 is 2.25 bits per heavy atom. The van der Waals surface area contributed by atoms with Crippen LogP contribution in [0.2, 0.25) is 0 Å². The Bertz CT molecular complexity index is 504. The first-order chi connectivity index (χ1) is 7.72. The van der Waals surface area contributed by atoms with E-state index >= 15 is 0 Å². The number of fused-ring (bicyclic) bond motifs is 1. The smallest absolute Gasteiger partial charge is 0.303 e. The van der Waals surface area contributed by atoms with Gasteiger partial charge in [-0.2, -0.15) is 0 Å². The van der Waals surface area contributed by atoms with Crippen molar-refractivity contribution in [1.29, 1.82) is 0 Å². The SMILES string of the molecule is CCC(OC(C)=O)c1noc2ccccc12. The van der Waals surface area contributed by atoms with Crippen molar-refractivity contribution >= 4 is 16.9 Å². The number of carbonyl (C=O) groups is 1. The lowest BCUT2D eigenvalue weighted by Gasteiger charge is -2.11. The van der Waals surface area contributed by atoms with E-state index in [9.17, 15) is 4.79 Å². The van der Waals surface area contributed by atoms with E-state index in [1.165, 1.54) is 6.92 Å². The van der Waals surface area contributed by atoms with Crippen LogP contribution in [-0.2, 0) is 9.53 Å². The van der Waals surface area contributed by atoms with Gasteiger partial charge in [-0.25, -0.2) is 0 Å². The van der Waals surface area contributed by atoms with Crippen LogP contribution in [0.3, 0.4) is 0 Å². The van der Waals surface area contributed by atoms with Crippen LogP contribution in [0.4, 0.5) is 0 Å². The minimum Gasteiger partial charge on any atom is -0.456 e. The van der Waals surface area contributed by atoms with E-state index in [1.807, 2.05) is 31.2 Å². The number of benzene rings is 1. The van der Waals surface area contributed by atoms with Gasteiger partial charge in [0.15, 0.2) is 5.58 Å². The molecule has 0 saturated carbocycles. The Hall–Kier alpha value is -1.84. The monoisotopic (exact) mass is 219 g/mol. The molecule has 2 aromatic rings. The van der Waals surface area contributed by atoms with Crippen LogP contribution in [0.15, 0.2) is 28.8 Å². The predicted octanol–water partition coefficient (Wildman–Crippen LogP) is 2.84. The number of hydrogen-bond donors (Lipinski definition) is 0. The third kappa shape index (κ3) is 1.91. The standard InChI is InChI=1S/C12H13NO3/c1-3-10(15-8(2)14)12-9-6-4-5-7-11(9)16-13-12/h4-7,10H,3H2,1-2H3. The van der Waals surface area contributed by atoms with Gasteiger partial charge >= 0.3 is 5.97 Å². The highest BCUT2D eigenvalue weighted by Crippen LogP contribution is 2.27. The number of para-hydroxylation sites is 1. The van der Waals surface area contributed by atoms with Gasteiger partial charge in [-0.1, -0.05) is 24.2 Å². The van der Waals surface area contributed by atoms with Crippen molar-refractivity contribution in [1.82, 2.24) is 5.16 Å². The summed E-state index contributed by atoms with van der Waals surface area (Å²) in [4.78, 5) is 11.0.